The zero-order chi connectivity index (χ0) is 33.4. The highest BCUT2D eigenvalue weighted by molar-refractivity contribution is 6.05. The molecule has 4 heterocycles. The molecule has 2 aromatic heterocycles. The van der Waals surface area contributed by atoms with Crippen molar-refractivity contribution in [2.45, 2.75) is 32.7 Å². The Morgan fingerprint density at radius 3 is 2.60 bits per heavy atom. The molecule has 2 aliphatic heterocycles. The van der Waals surface area contributed by atoms with Gasteiger partial charge in [0.2, 0.25) is 5.95 Å². The molecule has 2 amide bonds. The van der Waals surface area contributed by atoms with Gasteiger partial charge >= 0.3 is 12.4 Å². The van der Waals surface area contributed by atoms with Crippen LogP contribution in [0.1, 0.15) is 29.7 Å². The molecule has 0 radical (unpaired) electrons. The molecule has 14 heteroatoms. The molecule has 1 aliphatic carbocycles. The van der Waals surface area contributed by atoms with Crippen LogP contribution in [0.5, 0.6) is 0 Å². The first-order chi connectivity index (χ1) is 23.1. The van der Waals surface area contributed by atoms with Crippen molar-refractivity contribution < 1.29 is 27.4 Å². The molecule has 1 fully saturated rings. The lowest BCUT2D eigenvalue weighted by Gasteiger charge is -2.35. The van der Waals surface area contributed by atoms with Gasteiger partial charge < -0.3 is 24.7 Å². The minimum atomic E-state index is -4.80. The van der Waals surface area contributed by atoms with Crippen LogP contribution in [0.25, 0.3) is 17.0 Å². The average molecular weight is 659 g/mol. The summed E-state index contributed by atoms with van der Waals surface area (Å²) in [5, 5.41) is 3.24. The molecule has 0 spiro atoms. The molecular formula is C34H33F3N8O3. The van der Waals surface area contributed by atoms with Gasteiger partial charge in [0, 0.05) is 60.1 Å². The van der Waals surface area contributed by atoms with Crippen molar-refractivity contribution in [2.75, 3.05) is 53.4 Å². The first-order valence-corrected chi connectivity index (χ1v) is 15.6. The first kappa shape index (κ1) is 31.2. The van der Waals surface area contributed by atoms with Crippen LogP contribution in [0.2, 0.25) is 0 Å². The van der Waals surface area contributed by atoms with Gasteiger partial charge in [-0.3, -0.25) is 9.80 Å². The number of aromatic amines is 1. The molecule has 48 heavy (non-hydrogen) atoms. The number of hydrogen-bond acceptors (Lipinski definition) is 8. The van der Waals surface area contributed by atoms with Crippen molar-refractivity contribution in [1.82, 2.24) is 19.9 Å². The van der Waals surface area contributed by atoms with Crippen LogP contribution in [0, 0.1) is 6.92 Å². The van der Waals surface area contributed by atoms with Crippen LogP contribution in [-0.4, -0.2) is 65.7 Å². The number of halogens is 3. The van der Waals surface area contributed by atoms with Crippen LogP contribution >= 0.6 is 0 Å². The number of aromatic nitrogens is 4. The zero-order valence-electron chi connectivity index (χ0n) is 26.3. The Morgan fingerprint density at radius 1 is 1.04 bits per heavy atom. The topological polar surface area (TPSA) is 112 Å². The maximum absolute atomic E-state index is 13.7. The lowest BCUT2D eigenvalue weighted by Crippen LogP contribution is -2.46. The Balaban J connectivity index is 1.10. The van der Waals surface area contributed by atoms with E-state index in [0.29, 0.717) is 66.2 Å². The zero-order valence-corrected chi connectivity index (χ0v) is 26.3. The fourth-order valence-corrected chi connectivity index (χ4v) is 6.06. The maximum atomic E-state index is 13.7. The minimum Gasteiger partial charge on any atom is -0.405 e. The van der Waals surface area contributed by atoms with Gasteiger partial charge in [0.15, 0.2) is 0 Å². The number of aryl methyl sites for hydroxylation is 1. The fraction of sp³-hybridized carbons (Fsp3) is 0.294. The molecule has 0 atom stereocenters. The number of ether oxygens (including phenoxy) is 2. The maximum Gasteiger partial charge on any atom is 0.573 e. The number of H-pyrrole nitrogens is 1. The number of nitrogens with zero attached hydrogens (tertiary/aromatic N) is 6. The van der Waals surface area contributed by atoms with Crippen LogP contribution in [0.3, 0.4) is 0 Å². The van der Waals surface area contributed by atoms with E-state index in [9.17, 15) is 18.0 Å². The van der Waals surface area contributed by atoms with E-state index in [0.717, 1.165) is 35.6 Å². The lowest BCUT2D eigenvalue weighted by atomic mass is 10.0. The van der Waals surface area contributed by atoms with Gasteiger partial charge in [0.1, 0.15) is 17.4 Å². The third-order valence-corrected chi connectivity index (χ3v) is 8.53. The second-order valence-electron chi connectivity index (χ2n) is 11.7. The third kappa shape index (κ3) is 6.43. The molecule has 248 valence electrons. The SMILES string of the molecule is Cc1ccc(-c2ncc(C3=C(OC(F)(F)F)C=CCC3)[nH]2)cc1N1Cc2cnc(Nc3ccc(N4CCOCC4)cc3)nc2N(C)C1=O. The summed E-state index contributed by atoms with van der Waals surface area (Å²) in [5.74, 6) is 1.08. The van der Waals surface area contributed by atoms with Gasteiger partial charge in [-0.1, -0.05) is 18.2 Å². The Morgan fingerprint density at radius 2 is 1.83 bits per heavy atom. The number of nitrogens with one attached hydrogen (secondary N) is 2. The summed E-state index contributed by atoms with van der Waals surface area (Å²) < 4.78 is 48.8. The van der Waals surface area contributed by atoms with E-state index in [1.54, 1.807) is 24.2 Å². The normalized spacial score (nSPS) is 16.8. The Hall–Kier alpha value is -5.37. The fourth-order valence-electron chi connectivity index (χ4n) is 6.06. The van der Waals surface area contributed by atoms with Crippen molar-refractivity contribution in [1.29, 1.82) is 0 Å². The highest BCUT2D eigenvalue weighted by Gasteiger charge is 2.34. The Kier molecular flexibility index (Phi) is 8.25. The highest BCUT2D eigenvalue weighted by atomic mass is 19.4. The molecule has 11 nitrogen and oxygen atoms in total. The number of allylic oxidation sites excluding steroid dienone is 3. The number of alkyl halides is 3. The number of anilines is 5. The smallest absolute Gasteiger partial charge is 0.405 e. The Bertz CT molecular complexity index is 1900. The number of carbonyl (C=O) groups is 1. The summed E-state index contributed by atoms with van der Waals surface area (Å²) in [6.07, 6.45) is 2.35. The number of fused-ring (bicyclic) bond motifs is 1. The summed E-state index contributed by atoms with van der Waals surface area (Å²) in [4.78, 5) is 35.9. The van der Waals surface area contributed by atoms with Crippen molar-refractivity contribution in [3.63, 3.8) is 0 Å². The number of urea groups is 1. The molecule has 2 N–H and O–H groups in total. The summed E-state index contributed by atoms with van der Waals surface area (Å²) >= 11 is 0. The second kappa shape index (κ2) is 12.7. The van der Waals surface area contributed by atoms with Crippen LogP contribution in [-0.2, 0) is 16.0 Å². The van der Waals surface area contributed by atoms with E-state index >= 15 is 0 Å². The molecule has 2 aromatic carbocycles. The van der Waals surface area contributed by atoms with Crippen LogP contribution in [0.15, 0.2) is 72.8 Å². The summed E-state index contributed by atoms with van der Waals surface area (Å²) in [6.45, 7) is 5.29. The summed E-state index contributed by atoms with van der Waals surface area (Å²) in [7, 11) is 1.67. The van der Waals surface area contributed by atoms with Crippen molar-refractivity contribution in [2.24, 2.45) is 0 Å². The van der Waals surface area contributed by atoms with Gasteiger partial charge in [-0.25, -0.2) is 14.8 Å². The molecule has 1 saturated heterocycles. The van der Waals surface area contributed by atoms with E-state index in [-0.39, 0.29) is 18.3 Å². The van der Waals surface area contributed by atoms with Gasteiger partial charge in [-0.15, -0.1) is 13.2 Å². The van der Waals surface area contributed by atoms with Crippen molar-refractivity contribution >= 4 is 40.4 Å². The molecule has 4 aromatic rings. The number of amides is 2. The molecule has 0 saturated carbocycles. The summed E-state index contributed by atoms with van der Waals surface area (Å²) in [5.41, 5.74) is 5.74. The number of benzene rings is 2. The van der Waals surface area contributed by atoms with Gasteiger partial charge in [0.25, 0.3) is 0 Å². The first-order valence-electron chi connectivity index (χ1n) is 15.6. The second-order valence-corrected chi connectivity index (χ2v) is 11.7. The lowest BCUT2D eigenvalue weighted by molar-refractivity contribution is -0.303. The number of imidazole rings is 1. The highest BCUT2D eigenvalue weighted by Crippen LogP contribution is 2.36. The molecule has 3 aliphatic rings. The molecule has 0 unspecified atom stereocenters. The van der Waals surface area contributed by atoms with Crippen molar-refractivity contribution in [3.05, 3.63) is 89.6 Å². The molecule has 0 bridgehead atoms. The van der Waals surface area contributed by atoms with Crippen LogP contribution < -0.4 is 20.0 Å². The predicted molar refractivity (Wildman–Crippen MR) is 176 cm³/mol. The van der Waals surface area contributed by atoms with Crippen molar-refractivity contribution in [3.8, 4) is 11.4 Å². The minimum absolute atomic E-state index is 0.248. The number of carbonyl (C=O) groups excluding carboxylic acids is 1. The van der Waals surface area contributed by atoms with E-state index < -0.39 is 6.36 Å². The number of rotatable bonds is 7. The van der Waals surface area contributed by atoms with E-state index in [1.807, 2.05) is 49.4 Å². The number of hydrogen-bond donors (Lipinski definition) is 2. The largest absolute Gasteiger partial charge is 0.573 e. The standard InChI is InChI=1S/C34H33F3N8O3/c1-21-7-8-22(30-38-19-27(41-30)26-5-3-4-6-29(26)48-34(35,36)37)17-28(21)45-20-23-18-39-32(42-31(23)43(2)33(45)46)40-24-9-11-25(12-10-24)44-13-15-47-16-14-44/h4,6-12,17-19H,3,5,13-16,20H2,1-2H3,(H,38,41)(H,39,40,42). The van der Waals surface area contributed by atoms with Gasteiger partial charge in [-0.2, -0.15) is 4.98 Å². The monoisotopic (exact) mass is 658 g/mol. The quantitative estimate of drug-likeness (QED) is 0.220. The van der Waals surface area contributed by atoms with Crippen LogP contribution in [0.4, 0.5) is 46.8 Å². The van der Waals surface area contributed by atoms with E-state index in [4.69, 9.17) is 4.74 Å². The van der Waals surface area contributed by atoms with E-state index in [1.165, 1.54) is 17.2 Å². The van der Waals surface area contributed by atoms with Gasteiger partial charge in [-0.05, 0) is 61.7 Å². The Labute approximate surface area is 274 Å². The molecule has 7 rings (SSSR count). The molecular weight excluding hydrogens is 625 g/mol. The average Bonchev–Trinajstić information content (AvgIpc) is 3.57. The predicted octanol–water partition coefficient (Wildman–Crippen LogP) is 6.93. The van der Waals surface area contributed by atoms with Gasteiger partial charge in [0.05, 0.1) is 31.6 Å². The number of morpholine rings is 1. The third-order valence-electron chi connectivity index (χ3n) is 8.53. The summed E-state index contributed by atoms with van der Waals surface area (Å²) in [6, 6.07) is 13.3. The van der Waals surface area contributed by atoms with E-state index in [2.05, 4.69) is 34.9 Å².